The summed E-state index contributed by atoms with van der Waals surface area (Å²) in [5, 5.41) is 2.85. The Kier molecular flexibility index (Phi) is 4.39. The Morgan fingerprint density at radius 2 is 2.10 bits per heavy atom. The first-order valence-electron chi connectivity index (χ1n) is 5.91. The average Bonchev–Trinajstić information content (AvgIpc) is 2.47. The van der Waals surface area contributed by atoms with Crippen LogP contribution in [0, 0.1) is 0 Å². The van der Waals surface area contributed by atoms with E-state index in [1.807, 2.05) is 0 Å². The van der Waals surface area contributed by atoms with Crippen LogP contribution in [0.4, 0.5) is 5.69 Å². The fourth-order valence-corrected chi connectivity index (χ4v) is 1.91. The Morgan fingerprint density at radius 1 is 1.33 bits per heavy atom. The Hall–Kier alpha value is -2.60. The first kappa shape index (κ1) is 14.8. The number of anilines is 1. The van der Waals surface area contributed by atoms with Gasteiger partial charge in [0.1, 0.15) is 5.75 Å². The second-order valence-corrected chi connectivity index (χ2v) is 4.50. The van der Waals surface area contributed by atoms with Crippen LogP contribution in [-0.2, 0) is 0 Å². The SMILES string of the molecule is COc1ccc(C(N)=O)cc1NC(=O)c1ccncc1Cl. The third-order valence-corrected chi connectivity index (χ3v) is 3.05. The highest BCUT2D eigenvalue weighted by Crippen LogP contribution is 2.26. The molecule has 0 fully saturated rings. The summed E-state index contributed by atoms with van der Waals surface area (Å²) in [6.07, 6.45) is 2.82. The molecule has 0 saturated carbocycles. The van der Waals surface area contributed by atoms with Crippen molar-refractivity contribution >= 4 is 29.1 Å². The minimum atomic E-state index is -0.602. The molecule has 1 aromatic carbocycles. The number of carbonyl (C=O) groups excluding carboxylic acids is 2. The number of ether oxygens (including phenoxy) is 1. The number of hydrogen-bond acceptors (Lipinski definition) is 4. The quantitative estimate of drug-likeness (QED) is 0.904. The third-order valence-electron chi connectivity index (χ3n) is 2.75. The van der Waals surface area contributed by atoms with E-state index in [1.54, 1.807) is 6.07 Å². The summed E-state index contributed by atoms with van der Waals surface area (Å²) in [4.78, 5) is 27.2. The molecule has 0 radical (unpaired) electrons. The molecule has 1 aromatic heterocycles. The second kappa shape index (κ2) is 6.23. The van der Waals surface area contributed by atoms with E-state index in [0.717, 1.165) is 0 Å². The molecule has 2 aromatic rings. The van der Waals surface area contributed by atoms with Gasteiger partial charge in [0.2, 0.25) is 5.91 Å². The molecule has 0 bridgehead atoms. The number of nitrogens with zero attached hydrogens (tertiary/aromatic N) is 1. The molecule has 0 aliphatic rings. The van der Waals surface area contributed by atoms with Gasteiger partial charge in [0.15, 0.2) is 0 Å². The highest BCUT2D eigenvalue weighted by atomic mass is 35.5. The number of amides is 2. The van der Waals surface area contributed by atoms with Gasteiger partial charge in [-0.3, -0.25) is 14.6 Å². The number of nitrogens with two attached hydrogens (primary N) is 1. The largest absolute Gasteiger partial charge is 0.495 e. The summed E-state index contributed by atoms with van der Waals surface area (Å²) in [5.41, 5.74) is 6.06. The highest BCUT2D eigenvalue weighted by molar-refractivity contribution is 6.34. The molecule has 2 rings (SSSR count). The maximum absolute atomic E-state index is 12.2. The molecule has 6 nitrogen and oxygen atoms in total. The van der Waals surface area contributed by atoms with Crippen molar-refractivity contribution in [1.82, 2.24) is 4.98 Å². The maximum Gasteiger partial charge on any atom is 0.257 e. The van der Waals surface area contributed by atoms with Gasteiger partial charge < -0.3 is 15.8 Å². The van der Waals surface area contributed by atoms with Crippen molar-refractivity contribution in [2.75, 3.05) is 12.4 Å². The summed E-state index contributed by atoms with van der Waals surface area (Å²) in [6, 6.07) is 5.98. The fourth-order valence-electron chi connectivity index (χ4n) is 1.71. The number of pyridine rings is 1. The van der Waals surface area contributed by atoms with Crippen LogP contribution in [0.1, 0.15) is 20.7 Å². The van der Waals surface area contributed by atoms with Crippen LogP contribution >= 0.6 is 11.6 Å². The number of primary amides is 1. The first-order chi connectivity index (χ1) is 10.0. The van der Waals surface area contributed by atoms with E-state index >= 15 is 0 Å². The topological polar surface area (TPSA) is 94.3 Å². The molecule has 21 heavy (non-hydrogen) atoms. The maximum atomic E-state index is 12.2. The van der Waals surface area contributed by atoms with E-state index in [1.165, 1.54) is 37.7 Å². The van der Waals surface area contributed by atoms with Crippen molar-refractivity contribution in [3.63, 3.8) is 0 Å². The van der Waals surface area contributed by atoms with Gasteiger partial charge in [-0.25, -0.2) is 0 Å². The number of hydrogen-bond donors (Lipinski definition) is 2. The monoisotopic (exact) mass is 305 g/mol. The van der Waals surface area contributed by atoms with Gasteiger partial charge in [0, 0.05) is 18.0 Å². The highest BCUT2D eigenvalue weighted by Gasteiger charge is 2.14. The van der Waals surface area contributed by atoms with E-state index in [2.05, 4.69) is 10.3 Å². The normalized spacial score (nSPS) is 10.0. The van der Waals surface area contributed by atoms with Gasteiger partial charge in [-0.1, -0.05) is 11.6 Å². The summed E-state index contributed by atoms with van der Waals surface area (Å²) >= 11 is 5.91. The first-order valence-corrected chi connectivity index (χ1v) is 6.29. The van der Waals surface area contributed by atoms with Crippen LogP contribution in [0.5, 0.6) is 5.75 Å². The fraction of sp³-hybridized carbons (Fsp3) is 0.0714. The van der Waals surface area contributed by atoms with Gasteiger partial charge in [0.05, 0.1) is 23.4 Å². The molecule has 0 aliphatic heterocycles. The number of methoxy groups -OCH3 is 1. The van der Waals surface area contributed by atoms with Gasteiger partial charge in [-0.05, 0) is 24.3 Å². The van der Waals surface area contributed by atoms with Gasteiger partial charge in [-0.2, -0.15) is 0 Å². The molecular weight excluding hydrogens is 294 g/mol. The van der Waals surface area contributed by atoms with E-state index in [9.17, 15) is 9.59 Å². The van der Waals surface area contributed by atoms with E-state index in [-0.39, 0.29) is 16.1 Å². The zero-order valence-electron chi connectivity index (χ0n) is 11.1. The Bertz CT molecular complexity index is 704. The zero-order valence-corrected chi connectivity index (χ0v) is 11.8. The van der Waals surface area contributed by atoms with Gasteiger partial charge in [-0.15, -0.1) is 0 Å². The lowest BCUT2D eigenvalue weighted by molar-refractivity contribution is 0.0996. The number of carbonyl (C=O) groups is 2. The van der Waals surface area contributed by atoms with Crippen molar-refractivity contribution in [2.45, 2.75) is 0 Å². The average molecular weight is 306 g/mol. The molecule has 0 atom stereocenters. The summed E-state index contributed by atoms with van der Waals surface area (Å²) < 4.78 is 5.13. The lowest BCUT2D eigenvalue weighted by Gasteiger charge is -2.11. The van der Waals surface area contributed by atoms with Gasteiger partial charge >= 0.3 is 0 Å². The number of benzene rings is 1. The molecule has 108 valence electrons. The Morgan fingerprint density at radius 3 is 2.71 bits per heavy atom. The minimum Gasteiger partial charge on any atom is -0.495 e. The molecule has 0 unspecified atom stereocenters. The van der Waals surface area contributed by atoms with Crippen molar-refractivity contribution in [2.24, 2.45) is 5.73 Å². The van der Waals surface area contributed by atoms with E-state index in [4.69, 9.17) is 22.1 Å². The van der Waals surface area contributed by atoms with Crippen LogP contribution in [0.3, 0.4) is 0 Å². The Balaban J connectivity index is 2.34. The predicted octanol–water partition coefficient (Wildman–Crippen LogP) is 2.09. The summed E-state index contributed by atoms with van der Waals surface area (Å²) in [5.74, 6) is -0.643. The lowest BCUT2D eigenvalue weighted by atomic mass is 10.1. The summed E-state index contributed by atoms with van der Waals surface area (Å²) in [6.45, 7) is 0. The minimum absolute atomic E-state index is 0.222. The molecule has 0 aliphatic carbocycles. The summed E-state index contributed by atoms with van der Waals surface area (Å²) in [7, 11) is 1.45. The lowest BCUT2D eigenvalue weighted by Crippen LogP contribution is -2.15. The number of halogens is 1. The number of nitrogens with one attached hydrogen (secondary N) is 1. The molecular formula is C14H12ClN3O3. The molecule has 3 N–H and O–H groups in total. The predicted molar refractivity (Wildman–Crippen MR) is 78.7 cm³/mol. The molecule has 1 heterocycles. The van der Waals surface area contributed by atoms with Crippen LogP contribution in [0.25, 0.3) is 0 Å². The van der Waals surface area contributed by atoms with E-state index < -0.39 is 11.8 Å². The molecule has 2 amide bonds. The molecule has 7 heteroatoms. The van der Waals surface area contributed by atoms with Crippen molar-refractivity contribution in [3.05, 3.63) is 52.8 Å². The van der Waals surface area contributed by atoms with Crippen LogP contribution in [-0.4, -0.2) is 23.9 Å². The molecule has 0 saturated heterocycles. The van der Waals surface area contributed by atoms with Crippen LogP contribution in [0.2, 0.25) is 5.02 Å². The zero-order chi connectivity index (χ0) is 15.4. The number of aromatic nitrogens is 1. The van der Waals surface area contributed by atoms with Crippen LogP contribution < -0.4 is 15.8 Å². The third kappa shape index (κ3) is 3.29. The smallest absolute Gasteiger partial charge is 0.257 e. The standard InChI is InChI=1S/C14H12ClN3O3/c1-21-12-3-2-8(13(16)19)6-11(12)18-14(20)9-4-5-17-7-10(9)15/h2-7H,1H3,(H2,16,19)(H,18,20). The van der Waals surface area contributed by atoms with Crippen molar-refractivity contribution in [3.8, 4) is 5.75 Å². The van der Waals surface area contributed by atoms with Crippen molar-refractivity contribution in [1.29, 1.82) is 0 Å². The molecule has 0 spiro atoms. The van der Waals surface area contributed by atoms with Crippen LogP contribution in [0.15, 0.2) is 36.7 Å². The van der Waals surface area contributed by atoms with Gasteiger partial charge in [0.25, 0.3) is 5.91 Å². The second-order valence-electron chi connectivity index (χ2n) is 4.09. The van der Waals surface area contributed by atoms with E-state index in [0.29, 0.717) is 11.4 Å². The number of rotatable bonds is 4. The Labute approximate surface area is 125 Å². The van der Waals surface area contributed by atoms with Crippen molar-refractivity contribution < 1.29 is 14.3 Å².